The maximum absolute atomic E-state index is 12.2. The molecule has 0 aliphatic carbocycles. The van der Waals surface area contributed by atoms with Crippen LogP contribution in [0.1, 0.15) is 34.2 Å². The van der Waals surface area contributed by atoms with E-state index in [9.17, 15) is 9.59 Å². The molecule has 2 aromatic rings. The number of nitrogens with zero attached hydrogens (tertiary/aromatic N) is 1. The Balaban J connectivity index is 2.23. The molecule has 21 heavy (non-hydrogen) atoms. The predicted molar refractivity (Wildman–Crippen MR) is 81.1 cm³/mol. The zero-order valence-corrected chi connectivity index (χ0v) is 12.2. The zero-order valence-electron chi connectivity index (χ0n) is 11.5. The zero-order chi connectivity index (χ0) is 15.4. The van der Waals surface area contributed by atoms with E-state index in [2.05, 4.69) is 5.32 Å². The molecule has 0 aliphatic rings. The minimum absolute atomic E-state index is 0.0294. The summed E-state index contributed by atoms with van der Waals surface area (Å²) in [6.45, 7) is 2.77. The van der Waals surface area contributed by atoms with Gasteiger partial charge in [0.05, 0.1) is 5.56 Å². The number of aromatic nitrogens is 1. The molecule has 110 valence electrons. The molecular formula is C15H15ClN2O3. The number of aryl methyl sites for hydroxylation is 1. The van der Waals surface area contributed by atoms with Gasteiger partial charge in [0.15, 0.2) is 0 Å². The van der Waals surface area contributed by atoms with Crippen molar-refractivity contribution < 1.29 is 14.7 Å². The van der Waals surface area contributed by atoms with Crippen LogP contribution in [-0.2, 0) is 6.54 Å². The summed E-state index contributed by atoms with van der Waals surface area (Å²) < 4.78 is 1.85. The van der Waals surface area contributed by atoms with Crippen molar-refractivity contribution in [1.82, 2.24) is 4.57 Å². The van der Waals surface area contributed by atoms with E-state index in [4.69, 9.17) is 16.7 Å². The van der Waals surface area contributed by atoms with Gasteiger partial charge in [0.25, 0.3) is 5.91 Å². The Kier molecular flexibility index (Phi) is 4.65. The summed E-state index contributed by atoms with van der Waals surface area (Å²) in [5.74, 6) is -1.39. The van der Waals surface area contributed by atoms with E-state index >= 15 is 0 Å². The first kappa shape index (κ1) is 15.1. The molecule has 1 aromatic carbocycles. The molecule has 2 N–H and O–H groups in total. The third kappa shape index (κ3) is 3.64. The van der Waals surface area contributed by atoms with Gasteiger partial charge >= 0.3 is 5.97 Å². The number of benzene rings is 1. The van der Waals surface area contributed by atoms with Crippen molar-refractivity contribution in [3.8, 4) is 0 Å². The standard InChI is InChI=1S/C15H15ClN2O3/c1-2-5-18-6-3-4-13(18)14(19)17-12-8-10(15(20)21)7-11(16)9-12/h3-4,6-9H,2,5H2,1H3,(H,17,19)(H,20,21). The molecule has 0 atom stereocenters. The van der Waals surface area contributed by atoms with Crippen LogP contribution in [0.4, 0.5) is 5.69 Å². The second-order valence-corrected chi connectivity index (χ2v) is 5.01. The average molecular weight is 307 g/mol. The number of carboxylic acids is 1. The highest BCUT2D eigenvalue weighted by atomic mass is 35.5. The van der Waals surface area contributed by atoms with Crippen LogP contribution in [0.15, 0.2) is 36.5 Å². The molecule has 0 aliphatic heterocycles. The summed E-state index contributed by atoms with van der Waals surface area (Å²) >= 11 is 5.86. The monoisotopic (exact) mass is 306 g/mol. The van der Waals surface area contributed by atoms with Crippen LogP contribution < -0.4 is 5.32 Å². The van der Waals surface area contributed by atoms with Crippen LogP contribution in [0.2, 0.25) is 5.02 Å². The Labute approximate surface area is 127 Å². The first-order chi connectivity index (χ1) is 10.0. The summed E-state index contributed by atoms with van der Waals surface area (Å²) in [6, 6.07) is 7.73. The van der Waals surface area contributed by atoms with Gasteiger partial charge < -0.3 is 15.0 Å². The van der Waals surface area contributed by atoms with Crippen LogP contribution in [0, 0.1) is 0 Å². The van der Waals surface area contributed by atoms with Crippen molar-refractivity contribution >= 4 is 29.2 Å². The van der Waals surface area contributed by atoms with E-state index in [1.54, 1.807) is 12.1 Å². The lowest BCUT2D eigenvalue weighted by molar-refractivity contribution is 0.0696. The number of rotatable bonds is 5. The number of nitrogens with one attached hydrogen (secondary N) is 1. The van der Waals surface area contributed by atoms with Crippen molar-refractivity contribution in [2.45, 2.75) is 19.9 Å². The Morgan fingerprint density at radius 1 is 1.33 bits per heavy atom. The highest BCUT2D eigenvalue weighted by Crippen LogP contribution is 2.20. The largest absolute Gasteiger partial charge is 0.478 e. The molecule has 0 unspecified atom stereocenters. The summed E-state index contributed by atoms with van der Waals surface area (Å²) in [5, 5.41) is 11.9. The quantitative estimate of drug-likeness (QED) is 0.888. The maximum atomic E-state index is 12.2. The number of carboxylic acid groups (broad SMARTS) is 1. The van der Waals surface area contributed by atoms with Gasteiger partial charge in [-0.3, -0.25) is 4.79 Å². The van der Waals surface area contributed by atoms with E-state index in [1.807, 2.05) is 17.7 Å². The Bertz CT molecular complexity index is 679. The number of aromatic carboxylic acids is 1. The number of hydrogen-bond acceptors (Lipinski definition) is 2. The molecule has 0 saturated heterocycles. The lowest BCUT2D eigenvalue weighted by Crippen LogP contribution is -2.17. The van der Waals surface area contributed by atoms with Crippen molar-refractivity contribution in [2.75, 3.05) is 5.32 Å². The molecule has 0 bridgehead atoms. The summed E-state index contributed by atoms with van der Waals surface area (Å²) in [5.41, 5.74) is 0.907. The van der Waals surface area contributed by atoms with Crippen molar-refractivity contribution in [3.05, 3.63) is 52.8 Å². The van der Waals surface area contributed by atoms with Gasteiger partial charge in [0.2, 0.25) is 0 Å². The number of hydrogen-bond donors (Lipinski definition) is 2. The van der Waals surface area contributed by atoms with E-state index in [0.29, 0.717) is 11.4 Å². The number of halogens is 1. The molecular weight excluding hydrogens is 292 g/mol. The number of amides is 1. The van der Waals surface area contributed by atoms with Gasteiger partial charge in [-0.25, -0.2) is 4.79 Å². The molecule has 1 heterocycles. The summed E-state index contributed by atoms with van der Waals surface area (Å²) in [4.78, 5) is 23.2. The van der Waals surface area contributed by atoms with E-state index < -0.39 is 5.97 Å². The fraction of sp³-hybridized carbons (Fsp3) is 0.200. The minimum atomic E-state index is -1.10. The van der Waals surface area contributed by atoms with Crippen molar-refractivity contribution in [2.24, 2.45) is 0 Å². The molecule has 6 heteroatoms. The first-order valence-corrected chi connectivity index (χ1v) is 6.89. The summed E-state index contributed by atoms with van der Waals surface area (Å²) in [7, 11) is 0. The lowest BCUT2D eigenvalue weighted by Gasteiger charge is -2.09. The molecule has 0 fully saturated rings. The SMILES string of the molecule is CCCn1cccc1C(=O)Nc1cc(Cl)cc(C(=O)O)c1. The fourth-order valence-corrected chi connectivity index (χ4v) is 2.27. The van der Waals surface area contributed by atoms with Crippen LogP contribution in [-0.4, -0.2) is 21.6 Å². The van der Waals surface area contributed by atoms with E-state index in [-0.39, 0.29) is 16.5 Å². The van der Waals surface area contributed by atoms with Crippen molar-refractivity contribution in [1.29, 1.82) is 0 Å². The first-order valence-electron chi connectivity index (χ1n) is 6.51. The Hall–Kier alpha value is -2.27. The highest BCUT2D eigenvalue weighted by molar-refractivity contribution is 6.31. The van der Waals surface area contributed by atoms with Crippen LogP contribution in [0.5, 0.6) is 0 Å². The molecule has 5 nitrogen and oxygen atoms in total. The third-order valence-corrected chi connectivity index (χ3v) is 3.15. The number of carbonyl (C=O) groups is 2. The smallest absolute Gasteiger partial charge is 0.335 e. The van der Waals surface area contributed by atoms with Crippen LogP contribution in [0.25, 0.3) is 0 Å². The second kappa shape index (κ2) is 6.45. The van der Waals surface area contributed by atoms with Crippen LogP contribution >= 0.6 is 11.6 Å². The normalized spacial score (nSPS) is 10.4. The molecule has 1 amide bonds. The lowest BCUT2D eigenvalue weighted by atomic mass is 10.2. The summed E-state index contributed by atoms with van der Waals surface area (Å²) in [6.07, 6.45) is 2.74. The van der Waals surface area contributed by atoms with Crippen molar-refractivity contribution in [3.63, 3.8) is 0 Å². The van der Waals surface area contributed by atoms with Gasteiger partial charge in [-0.15, -0.1) is 0 Å². The van der Waals surface area contributed by atoms with Gasteiger partial charge in [-0.2, -0.15) is 0 Å². The maximum Gasteiger partial charge on any atom is 0.335 e. The molecule has 0 spiro atoms. The third-order valence-electron chi connectivity index (χ3n) is 2.93. The van der Waals surface area contributed by atoms with Gasteiger partial charge in [-0.1, -0.05) is 18.5 Å². The number of carbonyl (C=O) groups excluding carboxylic acids is 1. The average Bonchev–Trinajstić information content (AvgIpc) is 2.86. The van der Waals surface area contributed by atoms with E-state index in [0.717, 1.165) is 13.0 Å². The van der Waals surface area contributed by atoms with E-state index in [1.165, 1.54) is 18.2 Å². The molecule has 2 rings (SSSR count). The van der Waals surface area contributed by atoms with Gasteiger partial charge in [0.1, 0.15) is 5.69 Å². The predicted octanol–water partition coefficient (Wildman–Crippen LogP) is 3.50. The number of anilines is 1. The van der Waals surface area contributed by atoms with Crippen LogP contribution in [0.3, 0.4) is 0 Å². The van der Waals surface area contributed by atoms with Gasteiger partial charge in [0, 0.05) is 23.5 Å². The molecule has 1 aromatic heterocycles. The fourth-order valence-electron chi connectivity index (χ4n) is 2.04. The molecule has 0 radical (unpaired) electrons. The highest BCUT2D eigenvalue weighted by Gasteiger charge is 2.12. The van der Waals surface area contributed by atoms with Gasteiger partial charge in [-0.05, 0) is 36.8 Å². The minimum Gasteiger partial charge on any atom is -0.478 e. The topological polar surface area (TPSA) is 71.3 Å². The Morgan fingerprint density at radius 3 is 2.76 bits per heavy atom. The molecule has 0 saturated carbocycles. The second-order valence-electron chi connectivity index (χ2n) is 4.57. The Morgan fingerprint density at radius 2 is 2.10 bits per heavy atom.